The fourth-order valence-corrected chi connectivity index (χ4v) is 2.15. The Hall–Kier alpha value is -0.0800. The number of nitrogens with zero attached hydrogens (tertiary/aromatic N) is 1. The van der Waals surface area contributed by atoms with Crippen molar-refractivity contribution in [2.75, 3.05) is 19.6 Å². The van der Waals surface area contributed by atoms with Gasteiger partial charge in [-0.15, -0.1) is 0 Å². The summed E-state index contributed by atoms with van der Waals surface area (Å²) in [5.41, 5.74) is 0.373. The molecule has 0 saturated carbocycles. The molecule has 1 saturated heterocycles. The van der Waals surface area contributed by atoms with Crippen LogP contribution in [0.5, 0.6) is 0 Å². The summed E-state index contributed by atoms with van der Waals surface area (Å²) in [6.07, 6.45) is 1.28. The minimum absolute atomic E-state index is 0.373. The third-order valence-electron chi connectivity index (χ3n) is 3.44. The fraction of sp³-hybridized carbons (Fsp3) is 1.00. The highest BCUT2D eigenvalue weighted by Crippen LogP contribution is 2.22. The summed E-state index contributed by atoms with van der Waals surface area (Å²) in [5, 5.41) is 3.67. The van der Waals surface area contributed by atoms with Crippen LogP contribution < -0.4 is 5.32 Å². The van der Waals surface area contributed by atoms with E-state index in [0.717, 1.165) is 6.04 Å². The van der Waals surface area contributed by atoms with E-state index in [1.54, 1.807) is 0 Å². The molecule has 14 heavy (non-hydrogen) atoms. The zero-order valence-electron chi connectivity index (χ0n) is 10.4. The lowest BCUT2D eigenvalue weighted by Gasteiger charge is -2.34. The first-order chi connectivity index (χ1) is 6.45. The molecule has 0 aromatic rings. The average Bonchev–Trinajstić information content (AvgIpc) is 2.25. The van der Waals surface area contributed by atoms with Gasteiger partial charge in [-0.1, -0.05) is 27.7 Å². The second-order valence-corrected chi connectivity index (χ2v) is 5.60. The molecule has 2 nitrogen and oxygen atoms in total. The molecule has 2 heteroatoms. The van der Waals surface area contributed by atoms with Crippen molar-refractivity contribution < 1.29 is 0 Å². The zero-order valence-corrected chi connectivity index (χ0v) is 10.4. The number of hydrogen-bond donors (Lipinski definition) is 1. The maximum atomic E-state index is 3.67. The topological polar surface area (TPSA) is 15.3 Å². The molecule has 0 aromatic carbocycles. The quantitative estimate of drug-likeness (QED) is 0.694. The van der Waals surface area contributed by atoms with E-state index in [1.165, 1.54) is 26.1 Å². The Kier molecular flexibility index (Phi) is 3.96. The van der Waals surface area contributed by atoms with Crippen LogP contribution in [0, 0.1) is 5.41 Å². The van der Waals surface area contributed by atoms with Crippen molar-refractivity contribution in [3.63, 3.8) is 0 Å². The highest BCUT2D eigenvalue weighted by Gasteiger charge is 2.29. The van der Waals surface area contributed by atoms with Crippen molar-refractivity contribution in [3.8, 4) is 0 Å². The van der Waals surface area contributed by atoms with Gasteiger partial charge in [-0.2, -0.15) is 0 Å². The second kappa shape index (κ2) is 4.63. The minimum Gasteiger partial charge on any atom is -0.312 e. The number of hydrogen-bond acceptors (Lipinski definition) is 2. The van der Waals surface area contributed by atoms with E-state index < -0.39 is 0 Å². The Morgan fingerprint density at radius 1 is 1.36 bits per heavy atom. The Morgan fingerprint density at radius 2 is 2.00 bits per heavy atom. The van der Waals surface area contributed by atoms with Gasteiger partial charge in [0.1, 0.15) is 0 Å². The maximum absolute atomic E-state index is 3.67. The maximum Gasteiger partial charge on any atom is 0.0243 e. The summed E-state index contributed by atoms with van der Waals surface area (Å²) in [5.74, 6) is 0. The van der Waals surface area contributed by atoms with Crippen LogP contribution in [0.25, 0.3) is 0 Å². The molecule has 1 N–H and O–H groups in total. The number of nitrogens with one attached hydrogen (secondary N) is 1. The SMILES string of the molecule is CCN1CC(C(C)(C)C)NCCC1C. The van der Waals surface area contributed by atoms with E-state index in [9.17, 15) is 0 Å². The molecular formula is C12H26N2. The normalized spacial score (nSPS) is 31.5. The molecule has 84 valence electrons. The van der Waals surface area contributed by atoms with Crippen LogP contribution in [0.3, 0.4) is 0 Å². The summed E-state index contributed by atoms with van der Waals surface area (Å²) < 4.78 is 0. The highest BCUT2D eigenvalue weighted by atomic mass is 15.2. The molecule has 0 radical (unpaired) electrons. The molecule has 0 aliphatic carbocycles. The van der Waals surface area contributed by atoms with Gasteiger partial charge in [0.25, 0.3) is 0 Å². The van der Waals surface area contributed by atoms with Gasteiger partial charge in [0, 0.05) is 18.6 Å². The van der Waals surface area contributed by atoms with Crippen LogP contribution in [-0.2, 0) is 0 Å². The highest BCUT2D eigenvalue weighted by molar-refractivity contribution is 4.87. The van der Waals surface area contributed by atoms with Gasteiger partial charge in [-0.3, -0.25) is 4.90 Å². The molecule has 1 rings (SSSR count). The van der Waals surface area contributed by atoms with Crippen LogP contribution in [0.1, 0.15) is 41.0 Å². The molecule has 1 aliphatic heterocycles. The van der Waals surface area contributed by atoms with Crippen LogP contribution in [0.15, 0.2) is 0 Å². The van der Waals surface area contributed by atoms with Crippen LogP contribution in [-0.4, -0.2) is 36.6 Å². The lowest BCUT2D eigenvalue weighted by molar-refractivity contribution is 0.171. The molecule has 2 atom stereocenters. The Bertz CT molecular complexity index is 172. The lowest BCUT2D eigenvalue weighted by Crippen LogP contribution is -2.47. The van der Waals surface area contributed by atoms with Crippen LogP contribution >= 0.6 is 0 Å². The minimum atomic E-state index is 0.373. The molecule has 1 heterocycles. The Balaban J connectivity index is 2.63. The van der Waals surface area contributed by atoms with Gasteiger partial charge in [-0.05, 0) is 31.8 Å². The summed E-state index contributed by atoms with van der Waals surface area (Å²) >= 11 is 0. The van der Waals surface area contributed by atoms with Gasteiger partial charge in [-0.25, -0.2) is 0 Å². The second-order valence-electron chi connectivity index (χ2n) is 5.60. The van der Waals surface area contributed by atoms with Crippen molar-refractivity contribution in [1.29, 1.82) is 0 Å². The van der Waals surface area contributed by atoms with Crippen molar-refractivity contribution in [1.82, 2.24) is 10.2 Å². The van der Waals surface area contributed by atoms with Gasteiger partial charge < -0.3 is 5.32 Å². The van der Waals surface area contributed by atoms with E-state index in [2.05, 4.69) is 44.8 Å². The molecule has 2 unspecified atom stereocenters. The molecule has 0 bridgehead atoms. The molecule has 1 fully saturated rings. The number of rotatable bonds is 1. The molecule has 0 spiro atoms. The first-order valence-electron chi connectivity index (χ1n) is 5.92. The van der Waals surface area contributed by atoms with E-state index in [1.807, 2.05) is 0 Å². The first kappa shape index (κ1) is 12.0. The monoisotopic (exact) mass is 198 g/mol. The predicted molar refractivity (Wildman–Crippen MR) is 62.6 cm³/mol. The Morgan fingerprint density at radius 3 is 2.50 bits per heavy atom. The zero-order chi connectivity index (χ0) is 10.8. The van der Waals surface area contributed by atoms with E-state index in [4.69, 9.17) is 0 Å². The van der Waals surface area contributed by atoms with Crippen molar-refractivity contribution >= 4 is 0 Å². The van der Waals surface area contributed by atoms with E-state index in [0.29, 0.717) is 11.5 Å². The molecule has 1 aliphatic rings. The van der Waals surface area contributed by atoms with E-state index in [-0.39, 0.29) is 0 Å². The van der Waals surface area contributed by atoms with Crippen molar-refractivity contribution in [2.24, 2.45) is 5.41 Å². The largest absolute Gasteiger partial charge is 0.312 e. The molecule has 0 aromatic heterocycles. The van der Waals surface area contributed by atoms with Gasteiger partial charge in [0.2, 0.25) is 0 Å². The van der Waals surface area contributed by atoms with Crippen LogP contribution in [0.4, 0.5) is 0 Å². The van der Waals surface area contributed by atoms with Gasteiger partial charge in [0.15, 0.2) is 0 Å². The summed E-state index contributed by atoms with van der Waals surface area (Å²) in [4.78, 5) is 2.59. The van der Waals surface area contributed by atoms with Gasteiger partial charge >= 0.3 is 0 Å². The molecular weight excluding hydrogens is 172 g/mol. The fourth-order valence-electron chi connectivity index (χ4n) is 2.15. The van der Waals surface area contributed by atoms with E-state index >= 15 is 0 Å². The third-order valence-corrected chi connectivity index (χ3v) is 3.44. The average molecular weight is 198 g/mol. The molecule has 0 amide bonds. The lowest BCUT2D eigenvalue weighted by atomic mass is 9.86. The van der Waals surface area contributed by atoms with Crippen molar-refractivity contribution in [2.45, 2.75) is 53.1 Å². The van der Waals surface area contributed by atoms with Crippen molar-refractivity contribution in [3.05, 3.63) is 0 Å². The third kappa shape index (κ3) is 2.96. The van der Waals surface area contributed by atoms with Crippen LogP contribution in [0.2, 0.25) is 0 Å². The standard InChI is InChI=1S/C12H26N2/c1-6-14-9-11(12(3,4)5)13-8-7-10(14)2/h10-11,13H,6-9H2,1-5H3. The summed E-state index contributed by atoms with van der Waals surface area (Å²) in [6, 6.07) is 1.37. The summed E-state index contributed by atoms with van der Waals surface area (Å²) in [6.45, 7) is 15.1. The van der Waals surface area contributed by atoms with Gasteiger partial charge in [0.05, 0.1) is 0 Å². The first-order valence-corrected chi connectivity index (χ1v) is 5.92. The summed E-state index contributed by atoms with van der Waals surface area (Å²) in [7, 11) is 0. The predicted octanol–water partition coefficient (Wildman–Crippen LogP) is 2.10. The number of likely N-dealkylation sites (N-methyl/N-ethyl adjacent to an activating group) is 1. The Labute approximate surface area is 89.1 Å². The smallest absolute Gasteiger partial charge is 0.0243 e.